The minimum absolute atomic E-state index is 0.281. The molecule has 3 heterocycles. The van der Waals surface area contributed by atoms with Gasteiger partial charge in [-0.15, -0.1) is 0 Å². The Hall–Kier alpha value is -0.950. The van der Waals surface area contributed by atoms with E-state index < -0.39 is 0 Å². The van der Waals surface area contributed by atoms with E-state index in [1.54, 1.807) is 0 Å². The molecule has 0 bridgehead atoms. The van der Waals surface area contributed by atoms with E-state index in [-0.39, 0.29) is 6.61 Å². The van der Waals surface area contributed by atoms with Crippen molar-refractivity contribution in [3.63, 3.8) is 0 Å². The minimum atomic E-state index is 0.281. The van der Waals surface area contributed by atoms with Crippen LogP contribution in [0.3, 0.4) is 0 Å². The fourth-order valence-electron chi connectivity index (χ4n) is 4.68. The summed E-state index contributed by atoms with van der Waals surface area (Å²) in [6.07, 6.45) is 7.38. The third-order valence-corrected chi connectivity index (χ3v) is 6.28. The topological polar surface area (TPSA) is 47.8 Å². The molecule has 1 atom stereocenters. The van der Waals surface area contributed by atoms with Crippen LogP contribution in [0.2, 0.25) is 0 Å². The van der Waals surface area contributed by atoms with Crippen molar-refractivity contribution in [1.82, 2.24) is 24.3 Å². The third-order valence-electron chi connectivity index (χ3n) is 6.28. The zero-order chi connectivity index (χ0) is 18.5. The summed E-state index contributed by atoms with van der Waals surface area (Å²) >= 11 is 0. The van der Waals surface area contributed by atoms with Crippen molar-refractivity contribution in [2.75, 3.05) is 39.3 Å². The van der Waals surface area contributed by atoms with Crippen LogP contribution in [-0.4, -0.2) is 86.8 Å². The highest BCUT2D eigenvalue weighted by molar-refractivity contribution is 4.95. The maximum Gasteiger partial charge on any atom is 0.122 e. The average Bonchev–Trinajstić information content (AvgIpc) is 3.09. The summed E-state index contributed by atoms with van der Waals surface area (Å²) in [5, 5.41) is 9.60. The van der Waals surface area contributed by atoms with Gasteiger partial charge in [-0.2, -0.15) is 0 Å². The molecule has 0 radical (unpaired) electrons. The molecular formula is C20H37N5O. The Morgan fingerprint density at radius 1 is 1.19 bits per heavy atom. The van der Waals surface area contributed by atoms with Gasteiger partial charge in [-0.05, 0) is 53.1 Å². The van der Waals surface area contributed by atoms with Crippen LogP contribution in [0.15, 0.2) is 12.4 Å². The van der Waals surface area contributed by atoms with Crippen molar-refractivity contribution in [2.24, 2.45) is 0 Å². The summed E-state index contributed by atoms with van der Waals surface area (Å²) in [5.41, 5.74) is 0. The monoisotopic (exact) mass is 363 g/mol. The van der Waals surface area contributed by atoms with E-state index in [4.69, 9.17) is 0 Å². The summed E-state index contributed by atoms with van der Waals surface area (Å²) in [7, 11) is 0. The Bertz CT molecular complexity index is 538. The molecule has 6 nitrogen and oxygen atoms in total. The van der Waals surface area contributed by atoms with Gasteiger partial charge in [-0.3, -0.25) is 9.80 Å². The van der Waals surface area contributed by atoms with Crippen LogP contribution in [0.4, 0.5) is 0 Å². The van der Waals surface area contributed by atoms with E-state index in [1.807, 2.05) is 6.20 Å². The Labute approximate surface area is 158 Å². The predicted octanol–water partition coefficient (Wildman–Crippen LogP) is 1.64. The number of piperidine rings is 1. The van der Waals surface area contributed by atoms with Gasteiger partial charge in [-0.25, -0.2) is 4.98 Å². The number of rotatable bonds is 7. The molecule has 1 N–H and O–H groups in total. The average molecular weight is 364 g/mol. The maximum absolute atomic E-state index is 9.60. The molecule has 0 spiro atoms. The summed E-state index contributed by atoms with van der Waals surface area (Å²) in [5.74, 6) is 1.16. The van der Waals surface area contributed by atoms with Gasteiger partial charge in [0.2, 0.25) is 0 Å². The molecule has 2 aliphatic rings. The van der Waals surface area contributed by atoms with Gasteiger partial charge in [0, 0.05) is 63.3 Å². The lowest BCUT2D eigenvalue weighted by Gasteiger charge is -2.48. The van der Waals surface area contributed by atoms with E-state index in [0.29, 0.717) is 18.1 Å². The van der Waals surface area contributed by atoms with Crippen LogP contribution in [0.1, 0.15) is 45.9 Å². The fourth-order valence-corrected chi connectivity index (χ4v) is 4.68. The zero-order valence-electron chi connectivity index (χ0n) is 16.8. The number of nitrogens with zero attached hydrogens (tertiary/aromatic N) is 5. The first-order valence-electron chi connectivity index (χ1n) is 10.4. The molecule has 2 fully saturated rings. The van der Waals surface area contributed by atoms with Gasteiger partial charge in [0.15, 0.2) is 0 Å². The number of aryl methyl sites for hydroxylation is 1. The highest BCUT2D eigenvalue weighted by atomic mass is 16.3. The van der Waals surface area contributed by atoms with Gasteiger partial charge in [0.25, 0.3) is 0 Å². The fraction of sp³-hybridized carbons (Fsp3) is 0.850. The highest BCUT2D eigenvalue weighted by Gasteiger charge is 2.34. The number of aliphatic hydroxyl groups is 1. The third kappa shape index (κ3) is 4.66. The standard InChI is InChI=1S/C20H37N5O/c1-4-23-11-8-21-20(23)16-22-12-13-25(19(15-22)7-14-26)18-5-9-24(10-6-18)17(2)3/h8,11,17-19,26H,4-7,9-10,12-16H2,1-3H3. The van der Waals surface area contributed by atoms with E-state index in [1.165, 1.54) is 25.9 Å². The van der Waals surface area contributed by atoms with E-state index in [0.717, 1.165) is 45.0 Å². The van der Waals surface area contributed by atoms with Gasteiger partial charge in [0.1, 0.15) is 5.82 Å². The second-order valence-electron chi connectivity index (χ2n) is 8.13. The first-order valence-corrected chi connectivity index (χ1v) is 10.4. The lowest BCUT2D eigenvalue weighted by molar-refractivity contribution is -0.000923. The number of piperazine rings is 1. The van der Waals surface area contributed by atoms with Crippen molar-refractivity contribution in [3.8, 4) is 0 Å². The molecule has 2 saturated heterocycles. The summed E-state index contributed by atoms with van der Waals surface area (Å²) in [4.78, 5) is 12.4. The maximum atomic E-state index is 9.60. The van der Waals surface area contributed by atoms with Gasteiger partial charge >= 0.3 is 0 Å². The number of aromatic nitrogens is 2. The van der Waals surface area contributed by atoms with Crippen LogP contribution >= 0.6 is 0 Å². The van der Waals surface area contributed by atoms with Crippen molar-refractivity contribution >= 4 is 0 Å². The number of imidazole rings is 1. The summed E-state index contributed by atoms with van der Waals surface area (Å²) in [6.45, 7) is 14.6. The number of aliphatic hydroxyl groups excluding tert-OH is 1. The van der Waals surface area contributed by atoms with Crippen LogP contribution in [0.25, 0.3) is 0 Å². The lowest BCUT2D eigenvalue weighted by Crippen LogP contribution is -2.58. The first-order chi connectivity index (χ1) is 12.6. The molecule has 3 rings (SSSR count). The zero-order valence-corrected chi connectivity index (χ0v) is 16.8. The largest absolute Gasteiger partial charge is 0.396 e. The molecule has 2 aliphatic heterocycles. The van der Waals surface area contributed by atoms with Crippen molar-refractivity contribution in [1.29, 1.82) is 0 Å². The van der Waals surface area contributed by atoms with Crippen LogP contribution in [0, 0.1) is 0 Å². The Balaban J connectivity index is 1.58. The first kappa shape index (κ1) is 19.8. The quantitative estimate of drug-likeness (QED) is 0.798. The van der Waals surface area contributed by atoms with Crippen LogP contribution in [-0.2, 0) is 13.1 Å². The minimum Gasteiger partial charge on any atom is -0.396 e. The van der Waals surface area contributed by atoms with Gasteiger partial charge < -0.3 is 14.6 Å². The highest BCUT2D eigenvalue weighted by Crippen LogP contribution is 2.24. The smallest absolute Gasteiger partial charge is 0.122 e. The number of hydrogen-bond donors (Lipinski definition) is 1. The second-order valence-corrected chi connectivity index (χ2v) is 8.13. The Kier molecular flexibility index (Phi) is 7.09. The molecule has 1 unspecified atom stereocenters. The molecule has 26 heavy (non-hydrogen) atoms. The summed E-state index contributed by atoms with van der Waals surface area (Å²) in [6, 6.07) is 1.80. The summed E-state index contributed by atoms with van der Waals surface area (Å²) < 4.78 is 2.23. The Morgan fingerprint density at radius 2 is 1.96 bits per heavy atom. The molecule has 1 aromatic heterocycles. The molecule has 148 valence electrons. The predicted molar refractivity (Wildman–Crippen MR) is 105 cm³/mol. The van der Waals surface area contributed by atoms with Crippen molar-refractivity contribution in [3.05, 3.63) is 18.2 Å². The number of hydrogen-bond acceptors (Lipinski definition) is 5. The van der Waals surface area contributed by atoms with E-state index in [2.05, 4.69) is 51.2 Å². The molecule has 0 amide bonds. The van der Waals surface area contributed by atoms with Crippen molar-refractivity contribution in [2.45, 2.75) is 71.2 Å². The Morgan fingerprint density at radius 3 is 2.62 bits per heavy atom. The van der Waals surface area contributed by atoms with Crippen LogP contribution in [0.5, 0.6) is 0 Å². The molecule has 0 saturated carbocycles. The molecule has 6 heteroatoms. The van der Waals surface area contributed by atoms with Crippen LogP contribution < -0.4 is 0 Å². The second kappa shape index (κ2) is 9.31. The van der Waals surface area contributed by atoms with E-state index in [9.17, 15) is 5.11 Å². The van der Waals surface area contributed by atoms with E-state index >= 15 is 0 Å². The normalized spacial score (nSPS) is 24.6. The molecule has 0 aliphatic carbocycles. The lowest BCUT2D eigenvalue weighted by atomic mass is 9.97. The SMILES string of the molecule is CCn1ccnc1CN1CCN(C2CCN(C(C)C)CC2)C(CCO)C1. The molecular weight excluding hydrogens is 326 g/mol. The van der Waals surface area contributed by atoms with Crippen molar-refractivity contribution < 1.29 is 5.11 Å². The number of likely N-dealkylation sites (tertiary alicyclic amines) is 1. The van der Waals surface area contributed by atoms with Gasteiger partial charge in [0.05, 0.1) is 6.54 Å². The molecule has 1 aromatic rings. The van der Waals surface area contributed by atoms with Gasteiger partial charge in [-0.1, -0.05) is 0 Å². The molecule has 0 aromatic carbocycles.